The molecule has 0 aliphatic carbocycles. The van der Waals surface area contributed by atoms with Crippen LogP contribution >= 0.6 is 23.1 Å². The van der Waals surface area contributed by atoms with Crippen molar-refractivity contribution in [1.29, 1.82) is 0 Å². The van der Waals surface area contributed by atoms with Crippen molar-refractivity contribution in [2.45, 2.75) is 17.6 Å². The van der Waals surface area contributed by atoms with Crippen molar-refractivity contribution in [3.05, 3.63) is 45.6 Å². The Morgan fingerprint density at radius 3 is 2.95 bits per heavy atom. The molecule has 0 atom stereocenters. The summed E-state index contributed by atoms with van der Waals surface area (Å²) in [4.78, 5) is 13.3. The maximum Gasteiger partial charge on any atom is 0.275 e. The topological polar surface area (TPSA) is 81.1 Å². The molecule has 100 valence electrons. The van der Waals surface area contributed by atoms with E-state index in [4.69, 9.17) is 11.6 Å². The van der Waals surface area contributed by atoms with Gasteiger partial charge in [0.1, 0.15) is 0 Å². The first-order chi connectivity index (χ1) is 9.13. The molecule has 1 amide bonds. The van der Waals surface area contributed by atoms with Gasteiger partial charge in [0.15, 0.2) is 0 Å². The van der Waals surface area contributed by atoms with Gasteiger partial charge in [-0.15, -0.1) is 23.1 Å². The van der Waals surface area contributed by atoms with E-state index in [1.165, 1.54) is 11.3 Å². The number of carbonyl (C=O) groups is 1. The molecule has 0 fully saturated rings. The Labute approximate surface area is 120 Å². The number of thioether (sulfide) groups is 1. The molecule has 0 saturated carbocycles. The summed E-state index contributed by atoms with van der Waals surface area (Å²) in [6, 6.07) is 7.89. The van der Waals surface area contributed by atoms with Crippen LogP contribution in [0.1, 0.15) is 20.8 Å². The standard InChI is InChI=1S/C13H15N3OS2/c1-8-3-2-4-10(11(8)14)19-7-9-5-6-18-12(9)13(17)16-15/h2-6H,7,14-15H2,1H3,(H,16,17). The number of hydrazine groups is 1. The van der Waals surface area contributed by atoms with Crippen molar-refractivity contribution in [3.8, 4) is 0 Å². The second kappa shape index (κ2) is 6.10. The highest BCUT2D eigenvalue weighted by molar-refractivity contribution is 7.98. The van der Waals surface area contributed by atoms with Crippen molar-refractivity contribution < 1.29 is 4.79 Å². The summed E-state index contributed by atoms with van der Waals surface area (Å²) in [5.74, 6) is 5.61. The van der Waals surface area contributed by atoms with E-state index in [-0.39, 0.29) is 5.91 Å². The molecule has 1 heterocycles. The predicted molar refractivity (Wildman–Crippen MR) is 81.1 cm³/mol. The second-order valence-electron chi connectivity index (χ2n) is 4.02. The lowest BCUT2D eigenvalue weighted by molar-refractivity contribution is 0.0957. The molecule has 2 aromatic rings. The fraction of sp³-hybridized carbons (Fsp3) is 0.154. The molecule has 2 rings (SSSR count). The van der Waals surface area contributed by atoms with E-state index in [0.717, 1.165) is 21.7 Å². The van der Waals surface area contributed by atoms with Gasteiger partial charge in [-0.1, -0.05) is 12.1 Å². The Morgan fingerprint density at radius 2 is 2.21 bits per heavy atom. The highest BCUT2D eigenvalue weighted by Crippen LogP contribution is 2.31. The second-order valence-corrected chi connectivity index (χ2v) is 5.96. The third kappa shape index (κ3) is 3.09. The predicted octanol–water partition coefficient (Wildman–Crippen LogP) is 2.53. The Kier molecular flexibility index (Phi) is 4.47. The van der Waals surface area contributed by atoms with E-state index in [9.17, 15) is 4.79 Å². The minimum Gasteiger partial charge on any atom is -0.398 e. The molecule has 0 bridgehead atoms. The Balaban J connectivity index is 2.13. The summed E-state index contributed by atoms with van der Waals surface area (Å²) in [6.45, 7) is 1.98. The van der Waals surface area contributed by atoms with Gasteiger partial charge in [-0.2, -0.15) is 0 Å². The van der Waals surface area contributed by atoms with Gasteiger partial charge in [0.2, 0.25) is 0 Å². The monoisotopic (exact) mass is 293 g/mol. The van der Waals surface area contributed by atoms with E-state index in [2.05, 4.69) is 5.43 Å². The molecule has 0 unspecified atom stereocenters. The van der Waals surface area contributed by atoms with Crippen molar-refractivity contribution in [1.82, 2.24) is 5.43 Å². The Morgan fingerprint density at radius 1 is 1.42 bits per heavy atom. The van der Waals surface area contributed by atoms with Crippen LogP contribution in [0.2, 0.25) is 0 Å². The lowest BCUT2D eigenvalue weighted by Crippen LogP contribution is -2.29. The van der Waals surface area contributed by atoms with E-state index < -0.39 is 0 Å². The normalized spacial score (nSPS) is 10.4. The van der Waals surface area contributed by atoms with E-state index in [1.807, 2.05) is 36.6 Å². The van der Waals surface area contributed by atoms with Crippen LogP contribution in [0, 0.1) is 6.92 Å². The molecule has 1 aromatic carbocycles. The van der Waals surface area contributed by atoms with Crippen LogP contribution in [0.3, 0.4) is 0 Å². The van der Waals surface area contributed by atoms with Gasteiger partial charge in [0, 0.05) is 16.3 Å². The molecule has 0 radical (unpaired) electrons. The van der Waals surface area contributed by atoms with Crippen LogP contribution in [-0.4, -0.2) is 5.91 Å². The Bertz CT molecular complexity index is 595. The highest BCUT2D eigenvalue weighted by atomic mass is 32.2. The summed E-state index contributed by atoms with van der Waals surface area (Å²) in [6.07, 6.45) is 0. The molecular weight excluding hydrogens is 278 g/mol. The lowest BCUT2D eigenvalue weighted by Gasteiger charge is -2.08. The number of nitrogen functional groups attached to an aromatic ring is 2. The van der Waals surface area contributed by atoms with Crippen LogP contribution in [0.25, 0.3) is 0 Å². The van der Waals surface area contributed by atoms with Crippen molar-refractivity contribution in [2.24, 2.45) is 5.84 Å². The molecule has 0 aliphatic rings. The number of thiophene rings is 1. The first-order valence-corrected chi connectivity index (χ1v) is 7.55. The molecule has 4 nitrogen and oxygen atoms in total. The number of carbonyl (C=O) groups excluding carboxylic acids is 1. The number of hydrogen-bond donors (Lipinski definition) is 3. The zero-order chi connectivity index (χ0) is 13.8. The van der Waals surface area contributed by atoms with Crippen LogP contribution < -0.4 is 17.0 Å². The van der Waals surface area contributed by atoms with Gasteiger partial charge >= 0.3 is 0 Å². The van der Waals surface area contributed by atoms with Crippen molar-refractivity contribution in [3.63, 3.8) is 0 Å². The zero-order valence-corrected chi connectivity index (χ0v) is 12.1. The summed E-state index contributed by atoms with van der Waals surface area (Å²) in [7, 11) is 0. The van der Waals surface area contributed by atoms with E-state index in [0.29, 0.717) is 10.6 Å². The number of hydrogen-bond acceptors (Lipinski definition) is 5. The quantitative estimate of drug-likeness (QED) is 0.266. The Hall–Kier alpha value is -1.50. The van der Waals surface area contributed by atoms with Crippen LogP contribution in [0.4, 0.5) is 5.69 Å². The van der Waals surface area contributed by atoms with Crippen LogP contribution in [0.5, 0.6) is 0 Å². The molecule has 19 heavy (non-hydrogen) atoms. The van der Waals surface area contributed by atoms with Gasteiger partial charge in [-0.3, -0.25) is 10.2 Å². The summed E-state index contributed by atoms with van der Waals surface area (Å²) < 4.78 is 0. The van der Waals surface area contributed by atoms with Crippen molar-refractivity contribution >= 4 is 34.7 Å². The first kappa shape index (κ1) is 13.9. The number of nitrogens with two attached hydrogens (primary N) is 2. The zero-order valence-electron chi connectivity index (χ0n) is 10.5. The maximum absolute atomic E-state index is 11.6. The third-order valence-corrected chi connectivity index (χ3v) is 4.83. The number of para-hydroxylation sites is 1. The lowest BCUT2D eigenvalue weighted by atomic mass is 10.2. The first-order valence-electron chi connectivity index (χ1n) is 5.68. The summed E-state index contributed by atoms with van der Waals surface area (Å²) >= 11 is 3.01. The SMILES string of the molecule is Cc1cccc(SCc2ccsc2C(=O)NN)c1N. The smallest absolute Gasteiger partial charge is 0.275 e. The number of aryl methyl sites for hydroxylation is 1. The highest BCUT2D eigenvalue weighted by Gasteiger charge is 2.12. The molecular formula is C13H15N3OS2. The molecule has 6 heteroatoms. The summed E-state index contributed by atoms with van der Waals surface area (Å²) in [5.41, 5.74) is 11.0. The molecule has 0 saturated heterocycles. The average molecular weight is 293 g/mol. The number of benzene rings is 1. The van der Waals surface area contributed by atoms with Gasteiger partial charge in [-0.05, 0) is 35.6 Å². The van der Waals surface area contributed by atoms with Gasteiger partial charge in [0.25, 0.3) is 5.91 Å². The maximum atomic E-state index is 11.6. The fourth-order valence-electron chi connectivity index (χ4n) is 1.65. The number of anilines is 1. The third-order valence-electron chi connectivity index (χ3n) is 2.75. The van der Waals surface area contributed by atoms with Gasteiger partial charge in [0.05, 0.1) is 4.88 Å². The molecule has 5 N–H and O–H groups in total. The molecule has 0 spiro atoms. The number of rotatable bonds is 4. The largest absolute Gasteiger partial charge is 0.398 e. The average Bonchev–Trinajstić information content (AvgIpc) is 2.88. The van der Waals surface area contributed by atoms with Crippen molar-refractivity contribution in [2.75, 3.05) is 5.73 Å². The number of amides is 1. The van der Waals surface area contributed by atoms with Crippen LogP contribution in [-0.2, 0) is 5.75 Å². The number of nitrogens with one attached hydrogen (secondary N) is 1. The van der Waals surface area contributed by atoms with Gasteiger partial charge < -0.3 is 5.73 Å². The molecule has 1 aromatic heterocycles. The summed E-state index contributed by atoms with van der Waals surface area (Å²) in [5, 5.41) is 1.89. The van der Waals surface area contributed by atoms with Gasteiger partial charge in [-0.25, -0.2) is 5.84 Å². The minimum atomic E-state index is -0.247. The van der Waals surface area contributed by atoms with E-state index in [1.54, 1.807) is 11.8 Å². The minimum absolute atomic E-state index is 0.247. The van der Waals surface area contributed by atoms with E-state index >= 15 is 0 Å². The molecule has 0 aliphatic heterocycles. The van der Waals surface area contributed by atoms with Crippen LogP contribution in [0.15, 0.2) is 34.5 Å². The fourth-order valence-corrected chi connectivity index (χ4v) is 3.61.